The van der Waals surface area contributed by atoms with Crippen LogP contribution in [0.3, 0.4) is 0 Å². The third-order valence-electron chi connectivity index (χ3n) is 4.02. The quantitative estimate of drug-likeness (QED) is 0.756. The van der Waals surface area contributed by atoms with Crippen molar-refractivity contribution in [1.29, 1.82) is 0 Å². The Hall–Kier alpha value is -2.40. The van der Waals surface area contributed by atoms with Crippen molar-refractivity contribution in [2.24, 2.45) is 0 Å². The minimum absolute atomic E-state index is 0.186. The van der Waals surface area contributed by atoms with Gasteiger partial charge in [-0.05, 0) is 71.1 Å². The maximum atomic E-state index is 12.5. The number of hydrogen-bond donors (Lipinski definition) is 2. The van der Waals surface area contributed by atoms with Crippen LogP contribution in [-0.4, -0.2) is 43.0 Å². The number of anilines is 2. The largest absolute Gasteiger partial charge is 0.384 e. The second-order valence-corrected chi connectivity index (χ2v) is 6.74. The Morgan fingerprint density at radius 2 is 1.80 bits per heavy atom. The van der Waals surface area contributed by atoms with Gasteiger partial charge in [0.25, 0.3) is 5.91 Å². The van der Waals surface area contributed by atoms with E-state index in [1.807, 2.05) is 19.9 Å². The van der Waals surface area contributed by atoms with E-state index in [1.54, 1.807) is 12.3 Å². The molecule has 0 aliphatic heterocycles. The van der Waals surface area contributed by atoms with Crippen LogP contribution >= 0.6 is 0 Å². The minimum Gasteiger partial charge on any atom is -0.384 e. The monoisotopic (exact) mass is 340 g/mol. The first kappa shape index (κ1) is 18.9. The number of pyridine rings is 1. The van der Waals surface area contributed by atoms with E-state index in [-0.39, 0.29) is 5.91 Å². The van der Waals surface area contributed by atoms with Gasteiger partial charge in [-0.3, -0.25) is 4.79 Å². The number of amides is 1. The van der Waals surface area contributed by atoms with E-state index in [1.165, 1.54) is 5.56 Å². The Morgan fingerprint density at radius 3 is 2.36 bits per heavy atom. The van der Waals surface area contributed by atoms with Crippen LogP contribution in [0.5, 0.6) is 0 Å². The number of aromatic nitrogens is 1. The van der Waals surface area contributed by atoms with Crippen molar-refractivity contribution in [1.82, 2.24) is 9.88 Å². The van der Waals surface area contributed by atoms with Crippen molar-refractivity contribution in [3.8, 4) is 0 Å². The van der Waals surface area contributed by atoms with Gasteiger partial charge in [-0.1, -0.05) is 17.7 Å². The lowest BCUT2D eigenvalue weighted by atomic mass is 10.0. The fourth-order valence-corrected chi connectivity index (χ4v) is 2.82. The molecule has 25 heavy (non-hydrogen) atoms. The number of hydrogen-bond acceptors (Lipinski definition) is 4. The molecule has 1 amide bonds. The lowest BCUT2D eigenvalue weighted by Gasteiger charge is -2.13. The molecule has 2 N–H and O–H groups in total. The normalized spacial score (nSPS) is 10.8. The molecule has 0 aliphatic rings. The molecule has 0 bridgehead atoms. The molecule has 1 heterocycles. The lowest BCUT2D eigenvalue weighted by molar-refractivity contribution is 0.102. The van der Waals surface area contributed by atoms with Gasteiger partial charge in [-0.2, -0.15) is 0 Å². The second-order valence-electron chi connectivity index (χ2n) is 6.74. The van der Waals surface area contributed by atoms with Crippen LogP contribution in [0.15, 0.2) is 30.5 Å². The van der Waals surface area contributed by atoms with Crippen LogP contribution in [0.4, 0.5) is 11.4 Å². The van der Waals surface area contributed by atoms with E-state index >= 15 is 0 Å². The molecule has 0 fully saturated rings. The summed E-state index contributed by atoms with van der Waals surface area (Å²) in [7, 11) is 4.12. The van der Waals surface area contributed by atoms with Crippen molar-refractivity contribution in [3.63, 3.8) is 0 Å². The predicted octanol–water partition coefficient (Wildman–Crippen LogP) is 3.62. The number of nitrogens with zero attached hydrogens (tertiary/aromatic N) is 2. The molecule has 0 spiro atoms. The molecule has 0 saturated carbocycles. The highest BCUT2D eigenvalue weighted by atomic mass is 16.1. The smallest absolute Gasteiger partial charge is 0.274 e. The SMILES string of the molecule is Cc1cc(C)c(NC(=O)c2ccc(NCCCN(C)C)cn2)c(C)c1. The first-order chi connectivity index (χ1) is 11.9. The highest BCUT2D eigenvalue weighted by Crippen LogP contribution is 2.22. The number of rotatable bonds is 7. The van der Waals surface area contributed by atoms with Gasteiger partial charge in [-0.15, -0.1) is 0 Å². The van der Waals surface area contributed by atoms with Crippen molar-refractivity contribution < 1.29 is 4.79 Å². The molecule has 1 aromatic heterocycles. The minimum atomic E-state index is -0.186. The molecule has 0 radical (unpaired) electrons. The summed E-state index contributed by atoms with van der Waals surface area (Å²) in [5, 5.41) is 6.30. The van der Waals surface area contributed by atoms with Crippen molar-refractivity contribution in [2.45, 2.75) is 27.2 Å². The molecular weight excluding hydrogens is 312 g/mol. The van der Waals surface area contributed by atoms with Gasteiger partial charge in [0.2, 0.25) is 0 Å². The van der Waals surface area contributed by atoms with Crippen molar-refractivity contribution in [2.75, 3.05) is 37.8 Å². The summed E-state index contributed by atoms with van der Waals surface area (Å²) in [5.74, 6) is -0.186. The molecule has 5 heteroatoms. The van der Waals surface area contributed by atoms with Gasteiger partial charge in [0.05, 0.1) is 11.9 Å². The third-order valence-corrected chi connectivity index (χ3v) is 4.02. The summed E-state index contributed by atoms with van der Waals surface area (Å²) in [6.45, 7) is 7.98. The summed E-state index contributed by atoms with van der Waals surface area (Å²) >= 11 is 0. The number of benzene rings is 1. The fourth-order valence-electron chi connectivity index (χ4n) is 2.82. The standard InChI is InChI=1S/C20H28N4O/c1-14-11-15(2)19(16(3)12-14)23-20(25)18-8-7-17(13-22-18)21-9-6-10-24(4)5/h7-8,11-13,21H,6,9-10H2,1-5H3,(H,23,25). The Balaban J connectivity index is 1.97. The zero-order valence-electron chi connectivity index (χ0n) is 15.8. The zero-order chi connectivity index (χ0) is 18.4. The van der Waals surface area contributed by atoms with E-state index in [4.69, 9.17) is 0 Å². The first-order valence-corrected chi connectivity index (χ1v) is 8.60. The number of nitrogens with one attached hydrogen (secondary N) is 2. The van der Waals surface area contributed by atoms with Crippen molar-refractivity contribution >= 4 is 17.3 Å². The fraction of sp³-hybridized carbons (Fsp3) is 0.400. The Kier molecular flexibility index (Phi) is 6.53. The molecule has 2 rings (SSSR count). The Labute approximate surface area is 150 Å². The molecule has 2 aromatic rings. The molecule has 0 aliphatic carbocycles. The topological polar surface area (TPSA) is 57.3 Å². The van der Waals surface area contributed by atoms with Crippen LogP contribution in [0.25, 0.3) is 0 Å². The molecule has 134 valence electrons. The molecule has 0 atom stereocenters. The van der Waals surface area contributed by atoms with E-state index in [0.29, 0.717) is 5.69 Å². The molecule has 1 aromatic carbocycles. The first-order valence-electron chi connectivity index (χ1n) is 8.60. The summed E-state index contributed by atoms with van der Waals surface area (Å²) in [5.41, 5.74) is 5.52. The molecular formula is C20H28N4O. The van der Waals surface area contributed by atoms with Crippen LogP contribution in [0, 0.1) is 20.8 Å². The molecule has 0 unspecified atom stereocenters. The lowest BCUT2D eigenvalue weighted by Crippen LogP contribution is -2.17. The number of carbonyl (C=O) groups excluding carboxylic acids is 1. The highest BCUT2D eigenvalue weighted by molar-refractivity contribution is 6.03. The van der Waals surface area contributed by atoms with Crippen molar-refractivity contribution in [3.05, 3.63) is 52.8 Å². The van der Waals surface area contributed by atoms with Crippen LogP contribution < -0.4 is 10.6 Å². The van der Waals surface area contributed by atoms with Gasteiger partial charge in [0.1, 0.15) is 5.69 Å². The van der Waals surface area contributed by atoms with Crippen LogP contribution in [0.1, 0.15) is 33.6 Å². The predicted molar refractivity (Wildman–Crippen MR) is 105 cm³/mol. The third kappa shape index (κ3) is 5.57. The van der Waals surface area contributed by atoms with Gasteiger partial charge in [0.15, 0.2) is 0 Å². The average Bonchev–Trinajstić information content (AvgIpc) is 2.55. The second kappa shape index (κ2) is 8.62. The summed E-state index contributed by atoms with van der Waals surface area (Å²) in [6.07, 6.45) is 2.76. The zero-order valence-corrected chi connectivity index (χ0v) is 15.8. The maximum Gasteiger partial charge on any atom is 0.274 e. The van der Waals surface area contributed by atoms with Gasteiger partial charge in [0, 0.05) is 12.2 Å². The number of aryl methyl sites for hydroxylation is 3. The Bertz CT molecular complexity index is 700. The van der Waals surface area contributed by atoms with Gasteiger partial charge >= 0.3 is 0 Å². The summed E-state index contributed by atoms with van der Waals surface area (Å²) in [6, 6.07) is 7.78. The van der Waals surface area contributed by atoms with E-state index in [0.717, 1.165) is 42.0 Å². The summed E-state index contributed by atoms with van der Waals surface area (Å²) in [4.78, 5) is 18.9. The Morgan fingerprint density at radius 1 is 1.12 bits per heavy atom. The van der Waals surface area contributed by atoms with E-state index in [9.17, 15) is 4.79 Å². The van der Waals surface area contributed by atoms with Gasteiger partial charge < -0.3 is 15.5 Å². The van der Waals surface area contributed by atoms with E-state index < -0.39 is 0 Å². The molecule has 0 saturated heterocycles. The summed E-state index contributed by atoms with van der Waals surface area (Å²) < 4.78 is 0. The van der Waals surface area contributed by atoms with E-state index in [2.05, 4.69) is 53.7 Å². The van der Waals surface area contributed by atoms with Gasteiger partial charge in [-0.25, -0.2) is 4.98 Å². The maximum absolute atomic E-state index is 12.5. The van der Waals surface area contributed by atoms with Crippen LogP contribution in [0.2, 0.25) is 0 Å². The number of carbonyl (C=O) groups is 1. The average molecular weight is 340 g/mol. The molecule has 5 nitrogen and oxygen atoms in total. The van der Waals surface area contributed by atoms with Crippen LogP contribution in [-0.2, 0) is 0 Å². The highest BCUT2D eigenvalue weighted by Gasteiger charge is 2.11.